The third kappa shape index (κ3) is 11.2. The first-order valence-corrected chi connectivity index (χ1v) is 31.2. The van der Waals surface area contributed by atoms with Gasteiger partial charge in [0, 0.05) is 0 Å². The zero-order valence-corrected chi connectivity index (χ0v) is 50.1. The van der Waals surface area contributed by atoms with Gasteiger partial charge in [-0.3, -0.25) is 0 Å². The molecule has 8 bridgehead atoms. The van der Waals surface area contributed by atoms with Gasteiger partial charge in [-0.2, -0.15) is 12.1 Å². The first-order valence-electron chi connectivity index (χ1n) is 27.1. The molecular formula is C70H78Cl2SiZr-4. The van der Waals surface area contributed by atoms with Crippen LogP contribution in [0.3, 0.4) is 0 Å². The van der Waals surface area contributed by atoms with Gasteiger partial charge in [-0.05, 0) is 175 Å². The maximum atomic E-state index is 3.06. The van der Waals surface area contributed by atoms with Crippen LogP contribution in [0, 0.1) is 88.9 Å². The summed E-state index contributed by atoms with van der Waals surface area (Å²) in [5.74, 6) is 6.09. The third-order valence-corrected chi connectivity index (χ3v) is 18.8. The van der Waals surface area contributed by atoms with Crippen molar-refractivity contribution in [3.05, 3.63) is 194 Å². The first kappa shape index (κ1) is 56.4. The van der Waals surface area contributed by atoms with Crippen molar-refractivity contribution in [2.75, 3.05) is 0 Å². The summed E-state index contributed by atoms with van der Waals surface area (Å²) in [6.45, 7) is 11.8. The van der Waals surface area contributed by atoms with E-state index >= 15 is 0 Å². The molecule has 8 fully saturated rings. The van der Waals surface area contributed by atoms with Crippen LogP contribution >= 0.6 is 24.8 Å². The molecule has 0 aliphatic heterocycles. The quantitative estimate of drug-likeness (QED) is 0.105. The molecule has 0 heterocycles. The van der Waals surface area contributed by atoms with E-state index in [2.05, 4.69) is 180 Å². The predicted octanol–water partition coefficient (Wildman–Crippen LogP) is 19.9. The maximum absolute atomic E-state index is 3.06. The van der Waals surface area contributed by atoms with Crippen molar-refractivity contribution in [2.45, 2.75) is 118 Å². The Hall–Kier alpha value is -3.78. The fourth-order valence-electron chi connectivity index (χ4n) is 16.7. The molecule has 74 heavy (non-hydrogen) atoms. The summed E-state index contributed by atoms with van der Waals surface area (Å²) in [5.41, 5.74) is 20.4. The van der Waals surface area contributed by atoms with E-state index in [-0.39, 0.29) is 39.7 Å². The third-order valence-electron chi connectivity index (χ3n) is 18.8. The van der Waals surface area contributed by atoms with Gasteiger partial charge in [0.05, 0.1) is 0 Å². The van der Waals surface area contributed by atoms with Crippen molar-refractivity contribution in [3.8, 4) is 44.5 Å². The van der Waals surface area contributed by atoms with E-state index in [4.69, 9.17) is 0 Å². The number of hydrogen-bond acceptors (Lipinski definition) is 0. The molecule has 8 aromatic carbocycles. The Bertz CT molecular complexity index is 2720. The first-order chi connectivity index (χ1) is 34.1. The van der Waals surface area contributed by atoms with Crippen LogP contribution in [0.25, 0.3) is 66.1 Å². The normalized spacial score (nSPS) is 25.3. The second-order valence-corrected chi connectivity index (χ2v) is 24.4. The average molecular weight is 1110 g/mol. The van der Waals surface area contributed by atoms with Crippen molar-refractivity contribution in [1.82, 2.24) is 0 Å². The van der Waals surface area contributed by atoms with Crippen LogP contribution in [0.1, 0.15) is 110 Å². The van der Waals surface area contributed by atoms with Gasteiger partial charge in [0.25, 0.3) is 0 Å². The van der Waals surface area contributed by atoms with Crippen LogP contribution in [-0.2, 0) is 36.2 Å². The molecule has 8 aromatic rings. The van der Waals surface area contributed by atoms with Crippen LogP contribution in [-0.4, -0.2) is 6.88 Å². The topological polar surface area (TPSA) is 0 Å². The molecule has 4 heteroatoms. The van der Waals surface area contributed by atoms with E-state index in [1.807, 2.05) is 0 Å². The van der Waals surface area contributed by atoms with Gasteiger partial charge in [-0.15, -0.1) is 69.6 Å². The summed E-state index contributed by atoms with van der Waals surface area (Å²) >= 11 is 1.36. The molecule has 8 aliphatic rings. The van der Waals surface area contributed by atoms with Crippen molar-refractivity contribution in [1.29, 1.82) is 0 Å². The summed E-state index contributed by atoms with van der Waals surface area (Å²) in [6.07, 6.45) is 20.6. The number of fused-ring (bicyclic) bond motifs is 2. The van der Waals surface area contributed by atoms with E-state index in [0.717, 1.165) is 35.5 Å². The number of benzene rings is 6. The van der Waals surface area contributed by atoms with Crippen molar-refractivity contribution in [3.63, 3.8) is 0 Å². The number of rotatable bonds is 8. The van der Waals surface area contributed by atoms with E-state index in [1.54, 1.807) is 11.1 Å². The van der Waals surface area contributed by atoms with Crippen LogP contribution in [0.2, 0.25) is 0 Å². The zero-order valence-electron chi connectivity index (χ0n) is 45.0. The molecule has 0 N–H and O–H groups in total. The Balaban J connectivity index is 0.000000181. The molecule has 0 unspecified atom stereocenters. The van der Waals surface area contributed by atoms with E-state index in [0.29, 0.717) is 10.8 Å². The molecule has 384 valence electrons. The monoisotopic (exact) mass is 1110 g/mol. The summed E-state index contributed by atoms with van der Waals surface area (Å²) in [4.78, 5) is 0. The Labute approximate surface area is 475 Å². The Morgan fingerprint density at radius 1 is 0.378 bits per heavy atom. The SMILES string of the molecule is Cc1ccc(-c2ccc(-c3ccc(C)cc3)c3[cH-]c(CC45CC6CC(CC(C6)C4)C5)cc23)cc1.Cc1ccc(-c2ccc(-c3ccc(C)cc3)c3[cH-]c(CC45CC6CC(CC(C6)C4)C5)cc23)cc1.Cl.Cl.[CH3-].[CH3-].[Si]=[Zr]. The molecule has 0 atom stereocenters. The Morgan fingerprint density at radius 3 is 0.865 bits per heavy atom. The van der Waals surface area contributed by atoms with Gasteiger partial charge in [-0.1, -0.05) is 177 Å². The molecule has 0 amide bonds. The molecule has 16 rings (SSSR count). The van der Waals surface area contributed by atoms with Crippen LogP contribution in [0.5, 0.6) is 0 Å². The van der Waals surface area contributed by atoms with Gasteiger partial charge < -0.3 is 14.9 Å². The molecule has 2 radical (unpaired) electrons. The minimum absolute atomic E-state index is 0. The van der Waals surface area contributed by atoms with Gasteiger partial charge in [0.2, 0.25) is 0 Å². The van der Waals surface area contributed by atoms with Crippen molar-refractivity contribution < 1.29 is 23.3 Å². The Morgan fingerprint density at radius 2 is 0.608 bits per heavy atom. The number of aryl methyl sites for hydroxylation is 4. The predicted molar refractivity (Wildman–Crippen MR) is 321 cm³/mol. The van der Waals surface area contributed by atoms with Gasteiger partial charge in [0.15, 0.2) is 0 Å². The number of halogens is 2. The van der Waals surface area contributed by atoms with Crippen LogP contribution in [0.15, 0.2) is 146 Å². The van der Waals surface area contributed by atoms with Gasteiger partial charge in [0.1, 0.15) is 0 Å². The molecule has 8 aliphatic carbocycles. The molecular weight excluding hydrogens is 1030 g/mol. The standard InChI is InChI=1S/2C34H35.2CH3.2ClH.Si.Zr/c2*1-22-3-7-28(8-4-22)30-11-12-31(29-9-5-23(2)6-10-29)33-17-27(16-32(30)33)21-34-18-24-13-25(19-34)15-26(14-24)20-34;;;;;;/h2*3-12,16-17,24-26H,13-15,18-21H2,1-2H3;2*1H3;2*1H;;/q4*-1;;;;. The van der Waals surface area contributed by atoms with Crippen molar-refractivity contribution in [2.24, 2.45) is 46.3 Å². The van der Waals surface area contributed by atoms with Gasteiger partial charge in [-0.25, -0.2) is 0 Å². The van der Waals surface area contributed by atoms with E-state index in [1.165, 1.54) is 202 Å². The molecule has 0 aromatic heterocycles. The summed E-state index contributed by atoms with van der Waals surface area (Å²) in [7, 11) is 0. The van der Waals surface area contributed by atoms with E-state index in [9.17, 15) is 0 Å². The van der Waals surface area contributed by atoms with Crippen LogP contribution < -0.4 is 0 Å². The fourth-order valence-corrected chi connectivity index (χ4v) is 16.7. The fraction of sp³-hybridized carbons (Fsp3) is 0.371. The molecule has 0 nitrogen and oxygen atoms in total. The van der Waals surface area contributed by atoms with Gasteiger partial charge >= 0.3 is 30.2 Å². The minimum atomic E-state index is 0. The molecule has 8 saturated carbocycles. The van der Waals surface area contributed by atoms with E-state index < -0.39 is 0 Å². The number of hydrogen-bond donors (Lipinski definition) is 0. The second kappa shape index (κ2) is 23.1. The summed E-state index contributed by atoms with van der Waals surface area (Å²) < 4.78 is 0. The Kier molecular flexibility index (Phi) is 17.6. The zero-order chi connectivity index (χ0) is 47.7. The second-order valence-electron chi connectivity index (χ2n) is 24.4. The summed E-state index contributed by atoms with van der Waals surface area (Å²) in [6, 6.07) is 56.0. The average Bonchev–Trinajstić information content (AvgIpc) is 3.96. The van der Waals surface area contributed by atoms with Crippen molar-refractivity contribution >= 4 is 53.2 Å². The van der Waals surface area contributed by atoms with Crippen LogP contribution in [0.4, 0.5) is 0 Å². The molecule has 0 saturated heterocycles. The molecule has 0 spiro atoms. The summed E-state index contributed by atoms with van der Waals surface area (Å²) in [5, 5.41) is 5.73.